The molecule has 0 aliphatic carbocycles. The number of H-pyrrole nitrogens is 1. The Morgan fingerprint density at radius 2 is 1.96 bits per heavy atom. The number of halogens is 4. The molecule has 12 heteroatoms. The van der Waals surface area contributed by atoms with E-state index in [1.807, 2.05) is 4.98 Å². The summed E-state index contributed by atoms with van der Waals surface area (Å²) in [6.07, 6.45) is -5.08. The number of aryl methyl sites for hydroxylation is 1. The van der Waals surface area contributed by atoms with Gasteiger partial charge < -0.3 is 9.17 Å². The summed E-state index contributed by atoms with van der Waals surface area (Å²) in [7, 11) is -5.15. The Morgan fingerprint density at radius 3 is 2.42 bits per heavy atom. The van der Waals surface area contributed by atoms with E-state index in [1.165, 1.54) is 6.92 Å². The monoisotopic (exact) mass is 413 g/mol. The minimum absolute atomic E-state index is 0.128. The van der Waals surface area contributed by atoms with Crippen molar-refractivity contribution in [1.29, 1.82) is 0 Å². The highest BCUT2D eigenvalue weighted by Crippen LogP contribution is 2.43. The van der Waals surface area contributed by atoms with Crippen molar-refractivity contribution in [1.82, 2.24) is 4.98 Å². The highest BCUT2D eigenvalue weighted by Gasteiger charge is 2.36. The molecule has 2 aromatic rings. The van der Waals surface area contributed by atoms with E-state index in [4.69, 9.17) is 16.2 Å². The van der Waals surface area contributed by atoms with Gasteiger partial charge in [0, 0.05) is 11.8 Å². The van der Waals surface area contributed by atoms with Gasteiger partial charge in [0.2, 0.25) is 0 Å². The topological polar surface area (TPSA) is 114 Å². The Labute approximate surface area is 149 Å². The van der Waals surface area contributed by atoms with E-state index < -0.39 is 60.7 Å². The molecular formula is C14H11ClF3NO6S. The molecular weight excluding hydrogens is 403 g/mol. The summed E-state index contributed by atoms with van der Waals surface area (Å²) >= 11 is 5.72. The third-order valence-corrected chi connectivity index (χ3v) is 4.20. The molecule has 0 amide bonds. The van der Waals surface area contributed by atoms with Crippen LogP contribution in [0.1, 0.15) is 34.8 Å². The number of pyridine rings is 1. The molecule has 2 N–H and O–H groups in total. The van der Waals surface area contributed by atoms with Crippen LogP contribution in [0.15, 0.2) is 10.9 Å². The van der Waals surface area contributed by atoms with E-state index in [9.17, 15) is 31.2 Å². The average molecular weight is 414 g/mol. The standard InChI is InChI=1S/C14H11ClF3NO6S/c1-3-8(20)9-5(2)10-11(19-13(9)21)6(14(16,17)18)4-7(15)12(10)25-26(22,23)24/h4H,3H2,1-2H3,(H,19,21)(H,22,23,24). The third kappa shape index (κ3) is 3.69. The van der Waals surface area contributed by atoms with Gasteiger partial charge >= 0.3 is 16.6 Å². The zero-order valence-electron chi connectivity index (χ0n) is 13.2. The first-order valence-electron chi connectivity index (χ1n) is 6.94. The van der Waals surface area contributed by atoms with Gasteiger partial charge in [0.25, 0.3) is 5.56 Å². The lowest BCUT2D eigenvalue weighted by Crippen LogP contribution is -2.22. The van der Waals surface area contributed by atoms with Crippen molar-refractivity contribution >= 4 is 38.7 Å². The quantitative estimate of drug-likeness (QED) is 0.587. The van der Waals surface area contributed by atoms with Crippen molar-refractivity contribution in [2.75, 3.05) is 0 Å². The average Bonchev–Trinajstić information content (AvgIpc) is 2.47. The molecule has 1 aromatic heterocycles. The van der Waals surface area contributed by atoms with Crippen molar-refractivity contribution in [2.45, 2.75) is 26.4 Å². The Morgan fingerprint density at radius 1 is 1.38 bits per heavy atom. The first-order valence-corrected chi connectivity index (χ1v) is 8.68. The van der Waals surface area contributed by atoms with Crippen LogP contribution < -0.4 is 9.74 Å². The predicted molar refractivity (Wildman–Crippen MR) is 86.1 cm³/mol. The summed E-state index contributed by atoms with van der Waals surface area (Å²) in [6.45, 7) is 2.58. The van der Waals surface area contributed by atoms with E-state index >= 15 is 0 Å². The Balaban J connectivity index is 3.12. The van der Waals surface area contributed by atoms with Crippen LogP contribution in [0, 0.1) is 6.92 Å². The smallest absolute Gasteiger partial charge is 0.359 e. The molecule has 7 nitrogen and oxygen atoms in total. The van der Waals surface area contributed by atoms with Crippen LogP contribution in [0.3, 0.4) is 0 Å². The Kier molecular flexibility index (Phi) is 5.10. The number of hydrogen-bond acceptors (Lipinski definition) is 5. The van der Waals surface area contributed by atoms with E-state index in [-0.39, 0.29) is 12.0 Å². The summed E-state index contributed by atoms with van der Waals surface area (Å²) in [5.74, 6) is -1.52. The molecule has 0 unspecified atom stereocenters. The molecule has 26 heavy (non-hydrogen) atoms. The van der Waals surface area contributed by atoms with Gasteiger partial charge in [0.05, 0.1) is 21.7 Å². The SMILES string of the molecule is CCC(=O)c1c(C)c2c(OS(=O)(=O)O)c(Cl)cc(C(F)(F)F)c2[nH]c1=O. The van der Waals surface area contributed by atoms with Crippen molar-refractivity contribution in [2.24, 2.45) is 0 Å². The van der Waals surface area contributed by atoms with E-state index in [1.54, 1.807) is 0 Å². The first kappa shape index (κ1) is 20.2. The summed E-state index contributed by atoms with van der Waals surface area (Å²) in [6, 6.07) is 0.348. The second-order valence-corrected chi connectivity index (χ2v) is 6.65. The van der Waals surface area contributed by atoms with E-state index in [0.29, 0.717) is 6.07 Å². The zero-order valence-corrected chi connectivity index (χ0v) is 14.8. The van der Waals surface area contributed by atoms with Crippen LogP contribution in [-0.4, -0.2) is 23.7 Å². The highest BCUT2D eigenvalue weighted by atomic mass is 35.5. The van der Waals surface area contributed by atoms with Gasteiger partial charge in [-0.1, -0.05) is 18.5 Å². The van der Waals surface area contributed by atoms with Gasteiger partial charge in [-0.15, -0.1) is 0 Å². The fraction of sp³-hybridized carbons (Fsp3) is 0.286. The van der Waals surface area contributed by atoms with Gasteiger partial charge in [0.15, 0.2) is 11.5 Å². The zero-order chi connectivity index (χ0) is 20.0. The second-order valence-electron chi connectivity index (χ2n) is 5.22. The molecule has 0 radical (unpaired) electrons. The van der Waals surface area contributed by atoms with Gasteiger partial charge in [-0.3, -0.25) is 14.1 Å². The number of Topliss-reactive ketones (excluding diaryl/α,β-unsaturated/α-hetero) is 1. The molecule has 1 heterocycles. The molecule has 2 rings (SSSR count). The largest absolute Gasteiger partial charge is 0.446 e. The number of carbonyl (C=O) groups excluding carboxylic acids is 1. The van der Waals surface area contributed by atoms with Crippen LogP contribution >= 0.6 is 11.6 Å². The highest BCUT2D eigenvalue weighted by molar-refractivity contribution is 7.81. The van der Waals surface area contributed by atoms with E-state index in [2.05, 4.69) is 4.18 Å². The molecule has 0 saturated carbocycles. The maximum absolute atomic E-state index is 13.3. The van der Waals surface area contributed by atoms with Crippen LogP contribution in [0.4, 0.5) is 13.2 Å². The van der Waals surface area contributed by atoms with Crippen molar-refractivity contribution in [3.05, 3.63) is 38.1 Å². The molecule has 0 atom stereocenters. The van der Waals surface area contributed by atoms with Crippen LogP contribution in [0.2, 0.25) is 5.02 Å². The van der Waals surface area contributed by atoms with Gasteiger partial charge in [-0.2, -0.15) is 21.6 Å². The number of ketones is 1. The Bertz CT molecular complexity index is 1070. The summed E-state index contributed by atoms with van der Waals surface area (Å²) in [5, 5.41) is -1.34. The maximum Gasteiger partial charge on any atom is 0.446 e. The van der Waals surface area contributed by atoms with Gasteiger partial charge in [-0.05, 0) is 18.6 Å². The van der Waals surface area contributed by atoms with Crippen molar-refractivity contribution in [3.8, 4) is 5.75 Å². The summed E-state index contributed by atoms with van der Waals surface area (Å²) in [5.41, 5.74) is -3.99. The second kappa shape index (κ2) is 6.56. The lowest BCUT2D eigenvalue weighted by Gasteiger charge is -2.17. The molecule has 0 spiro atoms. The number of benzene rings is 1. The number of hydrogen-bond donors (Lipinski definition) is 2. The minimum atomic E-state index is -5.15. The molecule has 0 aliphatic rings. The fourth-order valence-corrected chi connectivity index (χ4v) is 3.19. The van der Waals surface area contributed by atoms with Gasteiger partial charge in [-0.25, -0.2) is 0 Å². The van der Waals surface area contributed by atoms with Crippen LogP contribution in [0.25, 0.3) is 10.9 Å². The molecule has 0 bridgehead atoms. The number of rotatable bonds is 4. The molecule has 0 fully saturated rings. The Hall–Kier alpha value is -2.11. The summed E-state index contributed by atoms with van der Waals surface area (Å²) < 4.78 is 75.2. The normalized spacial score (nSPS) is 12.4. The van der Waals surface area contributed by atoms with Crippen molar-refractivity contribution in [3.63, 3.8) is 0 Å². The molecule has 142 valence electrons. The van der Waals surface area contributed by atoms with E-state index in [0.717, 1.165) is 6.92 Å². The van der Waals surface area contributed by atoms with Gasteiger partial charge in [0.1, 0.15) is 0 Å². The number of nitrogens with one attached hydrogen (secondary N) is 1. The fourth-order valence-electron chi connectivity index (χ4n) is 2.51. The molecule has 1 aromatic carbocycles. The lowest BCUT2D eigenvalue weighted by molar-refractivity contribution is -0.136. The molecule has 0 aliphatic heterocycles. The predicted octanol–water partition coefficient (Wildman–Crippen LogP) is 3.28. The number of alkyl halides is 3. The van der Waals surface area contributed by atoms with Crippen molar-refractivity contribution < 1.29 is 35.1 Å². The van der Waals surface area contributed by atoms with Crippen LogP contribution in [0.5, 0.6) is 5.75 Å². The number of fused-ring (bicyclic) bond motifs is 1. The molecule has 0 saturated heterocycles. The number of carbonyl (C=O) groups is 1. The van der Waals surface area contributed by atoms with Crippen LogP contribution in [-0.2, 0) is 16.6 Å². The number of aromatic amines is 1. The first-order chi connectivity index (χ1) is 11.8. The minimum Gasteiger partial charge on any atom is -0.359 e. The lowest BCUT2D eigenvalue weighted by atomic mass is 9.97. The number of aromatic nitrogens is 1. The summed E-state index contributed by atoms with van der Waals surface area (Å²) in [4.78, 5) is 26.0. The third-order valence-electron chi connectivity index (χ3n) is 3.54. The maximum atomic E-state index is 13.3.